The smallest absolute Gasteiger partial charge is 0.254 e. The first-order valence-corrected chi connectivity index (χ1v) is 12.5. The molecule has 1 fully saturated rings. The number of piperazine rings is 1. The highest BCUT2D eigenvalue weighted by molar-refractivity contribution is 7.10. The van der Waals surface area contributed by atoms with Crippen molar-refractivity contribution in [3.8, 4) is 0 Å². The number of carbonyl (C=O) groups is 2. The van der Waals surface area contributed by atoms with Gasteiger partial charge < -0.3 is 9.80 Å². The number of benzene rings is 2. The van der Waals surface area contributed by atoms with Gasteiger partial charge in [0.15, 0.2) is 0 Å². The zero-order chi connectivity index (χ0) is 22.8. The maximum Gasteiger partial charge on any atom is 0.254 e. The van der Waals surface area contributed by atoms with Crippen LogP contribution in [0.4, 0.5) is 0 Å². The molecule has 0 spiro atoms. The third kappa shape index (κ3) is 4.69. The Balaban J connectivity index is 1.24. The minimum atomic E-state index is -0.0326. The average molecular weight is 480 g/mol. The topological polar surface area (TPSA) is 43.9 Å². The van der Waals surface area contributed by atoms with Crippen LogP contribution in [0, 0.1) is 0 Å². The Bertz CT molecular complexity index is 1140. The van der Waals surface area contributed by atoms with Crippen molar-refractivity contribution in [1.82, 2.24) is 14.7 Å². The van der Waals surface area contributed by atoms with Crippen molar-refractivity contribution in [2.24, 2.45) is 0 Å². The fourth-order valence-corrected chi connectivity index (χ4v) is 5.90. The number of hydrogen-bond donors (Lipinski definition) is 0. The van der Waals surface area contributed by atoms with Gasteiger partial charge >= 0.3 is 0 Å². The Kier molecular flexibility index (Phi) is 6.49. The molecule has 5 rings (SSSR count). The van der Waals surface area contributed by atoms with Crippen molar-refractivity contribution in [2.75, 3.05) is 39.3 Å². The van der Waals surface area contributed by atoms with Crippen molar-refractivity contribution in [2.45, 2.75) is 12.5 Å². The molecule has 0 saturated carbocycles. The second-order valence-electron chi connectivity index (χ2n) is 8.52. The van der Waals surface area contributed by atoms with E-state index in [0.29, 0.717) is 43.3 Å². The number of hydrogen-bond acceptors (Lipinski definition) is 4. The fraction of sp³-hybridized carbons (Fsp3) is 0.308. The highest BCUT2D eigenvalue weighted by Crippen LogP contribution is 2.37. The predicted molar refractivity (Wildman–Crippen MR) is 132 cm³/mol. The molecule has 2 aliphatic rings. The summed E-state index contributed by atoms with van der Waals surface area (Å²) in [5, 5.41) is 2.71. The SMILES string of the molecule is O=C(CN1CCc2sccc2C1c1ccccc1)N1CCN(C(=O)c2cccc(Cl)c2)CC1. The molecule has 0 aliphatic carbocycles. The number of carbonyl (C=O) groups excluding carboxylic acids is 2. The van der Waals surface area contributed by atoms with Crippen molar-refractivity contribution in [1.29, 1.82) is 0 Å². The molecule has 1 aromatic heterocycles. The summed E-state index contributed by atoms with van der Waals surface area (Å²) in [5.74, 6) is 0.0965. The van der Waals surface area contributed by atoms with Crippen LogP contribution in [0.3, 0.4) is 0 Å². The zero-order valence-electron chi connectivity index (χ0n) is 18.3. The Morgan fingerprint density at radius 2 is 1.67 bits per heavy atom. The first-order valence-electron chi connectivity index (χ1n) is 11.3. The van der Waals surface area contributed by atoms with E-state index in [4.69, 9.17) is 11.6 Å². The summed E-state index contributed by atoms with van der Waals surface area (Å²) >= 11 is 7.84. The molecule has 1 saturated heterocycles. The maximum absolute atomic E-state index is 13.3. The molecule has 0 N–H and O–H groups in total. The molecule has 5 nitrogen and oxygen atoms in total. The highest BCUT2D eigenvalue weighted by atomic mass is 35.5. The summed E-state index contributed by atoms with van der Waals surface area (Å²) in [7, 11) is 0. The van der Waals surface area contributed by atoms with Gasteiger partial charge in [-0.15, -0.1) is 11.3 Å². The van der Waals surface area contributed by atoms with Crippen LogP contribution >= 0.6 is 22.9 Å². The molecule has 3 heterocycles. The minimum absolute atomic E-state index is 0.0326. The maximum atomic E-state index is 13.3. The van der Waals surface area contributed by atoms with E-state index in [-0.39, 0.29) is 17.9 Å². The molecule has 3 aromatic rings. The summed E-state index contributed by atoms with van der Waals surface area (Å²) in [6, 6.07) is 19.8. The number of thiophene rings is 1. The van der Waals surface area contributed by atoms with Crippen LogP contribution in [0.1, 0.15) is 32.4 Å². The van der Waals surface area contributed by atoms with Crippen LogP contribution in [0.25, 0.3) is 0 Å². The highest BCUT2D eigenvalue weighted by Gasteiger charge is 2.33. The zero-order valence-corrected chi connectivity index (χ0v) is 19.9. The van der Waals surface area contributed by atoms with Crippen molar-refractivity contribution in [3.05, 3.63) is 92.6 Å². The molecular formula is C26H26ClN3O2S. The molecule has 1 unspecified atom stereocenters. The number of rotatable bonds is 4. The van der Waals surface area contributed by atoms with Gasteiger partial charge in [-0.3, -0.25) is 14.5 Å². The van der Waals surface area contributed by atoms with E-state index >= 15 is 0 Å². The summed E-state index contributed by atoms with van der Waals surface area (Å²) in [5.41, 5.74) is 3.14. The van der Waals surface area contributed by atoms with Crippen LogP contribution < -0.4 is 0 Å². The monoisotopic (exact) mass is 479 g/mol. The van der Waals surface area contributed by atoms with Gasteiger partial charge in [0.2, 0.25) is 5.91 Å². The lowest BCUT2D eigenvalue weighted by Gasteiger charge is -2.39. The van der Waals surface area contributed by atoms with Gasteiger partial charge in [0, 0.05) is 48.2 Å². The first kappa shape index (κ1) is 22.1. The van der Waals surface area contributed by atoms with Gasteiger partial charge in [0.1, 0.15) is 0 Å². The van der Waals surface area contributed by atoms with E-state index in [9.17, 15) is 9.59 Å². The predicted octanol–water partition coefficient (Wildman–Crippen LogP) is 4.33. The second-order valence-corrected chi connectivity index (χ2v) is 9.95. The number of fused-ring (bicyclic) bond motifs is 1. The molecule has 2 amide bonds. The molecule has 7 heteroatoms. The van der Waals surface area contributed by atoms with Crippen LogP contribution in [0.2, 0.25) is 5.02 Å². The summed E-state index contributed by atoms with van der Waals surface area (Å²) in [6.07, 6.45) is 0.978. The Labute approximate surface area is 203 Å². The fourth-order valence-electron chi connectivity index (χ4n) is 4.80. The first-order chi connectivity index (χ1) is 16.1. The quantitative estimate of drug-likeness (QED) is 0.559. The summed E-state index contributed by atoms with van der Waals surface area (Å²) < 4.78 is 0. The second kappa shape index (κ2) is 9.67. The van der Waals surface area contributed by atoms with Crippen molar-refractivity contribution in [3.63, 3.8) is 0 Å². The Hall–Kier alpha value is -2.67. The Morgan fingerprint density at radius 1 is 0.909 bits per heavy atom. The molecule has 1 atom stereocenters. The lowest BCUT2D eigenvalue weighted by atomic mass is 9.93. The molecule has 33 heavy (non-hydrogen) atoms. The van der Waals surface area contributed by atoms with E-state index in [1.807, 2.05) is 11.0 Å². The van der Waals surface area contributed by atoms with Crippen LogP contribution in [0.15, 0.2) is 66.0 Å². The van der Waals surface area contributed by atoms with E-state index in [1.54, 1.807) is 40.5 Å². The van der Waals surface area contributed by atoms with E-state index in [0.717, 1.165) is 13.0 Å². The van der Waals surface area contributed by atoms with E-state index in [1.165, 1.54) is 16.0 Å². The summed E-state index contributed by atoms with van der Waals surface area (Å²) in [6.45, 7) is 3.43. The molecule has 0 bridgehead atoms. The average Bonchev–Trinajstić information content (AvgIpc) is 3.33. The van der Waals surface area contributed by atoms with Gasteiger partial charge in [0.25, 0.3) is 5.91 Å². The van der Waals surface area contributed by atoms with Crippen LogP contribution in [-0.2, 0) is 11.2 Å². The van der Waals surface area contributed by atoms with Gasteiger partial charge in [-0.2, -0.15) is 0 Å². The molecule has 2 aromatic carbocycles. The molecular weight excluding hydrogens is 454 g/mol. The van der Waals surface area contributed by atoms with E-state index in [2.05, 4.69) is 40.6 Å². The summed E-state index contributed by atoms with van der Waals surface area (Å²) in [4.78, 5) is 33.5. The lowest BCUT2D eigenvalue weighted by Crippen LogP contribution is -2.53. The third-order valence-electron chi connectivity index (χ3n) is 6.51. The lowest BCUT2D eigenvalue weighted by molar-refractivity contribution is -0.134. The van der Waals surface area contributed by atoms with Crippen molar-refractivity contribution < 1.29 is 9.59 Å². The number of nitrogens with zero attached hydrogens (tertiary/aromatic N) is 3. The minimum Gasteiger partial charge on any atom is -0.338 e. The van der Waals surface area contributed by atoms with Gasteiger partial charge in [-0.25, -0.2) is 0 Å². The standard InChI is InChI=1S/C26H26ClN3O2S/c27-21-8-4-7-20(17-21)26(32)29-14-12-28(13-15-29)24(31)18-30-11-9-23-22(10-16-33-23)25(30)19-5-2-1-3-6-19/h1-8,10,16-17,25H,9,11-15,18H2. The molecule has 0 radical (unpaired) electrons. The van der Waals surface area contributed by atoms with Crippen LogP contribution in [0.5, 0.6) is 0 Å². The Morgan fingerprint density at radius 3 is 2.42 bits per heavy atom. The number of amides is 2. The number of halogens is 1. The third-order valence-corrected chi connectivity index (χ3v) is 7.74. The normalized spacial score (nSPS) is 18.8. The van der Waals surface area contributed by atoms with Crippen LogP contribution in [-0.4, -0.2) is 65.8 Å². The van der Waals surface area contributed by atoms with Gasteiger partial charge in [-0.1, -0.05) is 48.0 Å². The van der Waals surface area contributed by atoms with Crippen molar-refractivity contribution >= 4 is 34.8 Å². The molecule has 170 valence electrons. The van der Waals surface area contributed by atoms with Gasteiger partial charge in [0.05, 0.1) is 12.6 Å². The largest absolute Gasteiger partial charge is 0.338 e. The van der Waals surface area contributed by atoms with Gasteiger partial charge in [-0.05, 0) is 47.2 Å². The molecule has 2 aliphatic heterocycles. The van der Waals surface area contributed by atoms with E-state index < -0.39 is 0 Å².